The zero-order chi connectivity index (χ0) is 20.3. The predicted molar refractivity (Wildman–Crippen MR) is 108 cm³/mol. The van der Waals surface area contributed by atoms with Gasteiger partial charge in [0.15, 0.2) is 0 Å². The van der Waals surface area contributed by atoms with Crippen LogP contribution in [0.25, 0.3) is 0 Å². The van der Waals surface area contributed by atoms with Crippen LogP contribution >= 0.6 is 0 Å². The van der Waals surface area contributed by atoms with Crippen molar-refractivity contribution >= 4 is 17.5 Å². The fourth-order valence-corrected chi connectivity index (χ4v) is 3.54. The van der Waals surface area contributed by atoms with Gasteiger partial charge in [-0.15, -0.1) is 0 Å². The van der Waals surface area contributed by atoms with Gasteiger partial charge in [-0.05, 0) is 62.4 Å². The molecule has 0 radical (unpaired) electrons. The number of piperidine rings is 1. The van der Waals surface area contributed by atoms with Gasteiger partial charge < -0.3 is 16.0 Å². The smallest absolute Gasteiger partial charge is 0.258 e. The highest BCUT2D eigenvalue weighted by atomic mass is 19.1. The van der Waals surface area contributed by atoms with Crippen molar-refractivity contribution in [1.82, 2.24) is 4.90 Å². The number of nitrogens with two attached hydrogens (primary N) is 1. The first-order valence-electron chi connectivity index (χ1n) is 9.58. The van der Waals surface area contributed by atoms with E-state index >= 15 is 0 Å². The molecule has 2 aromatic rings. The van der Waals surface area contributed by atoms with Crippen molar-refractivity contribution in [2.45, 2.75) is 32.7 Å². The van der Waals surface area contributed by atoms with Crippen LogP contribution in [0.3, 0.4) is 0 Å². The molecule has 0 aromatic heterocycles. The number of hydrogen-bond donors (Lipinski definition) is 2. The van der Waals surface area contributed by atoms with Gasteiger partial charge in [0.1, 0.15) is 5.82 Å². The van der Waals surface area contributed by atoms with E-state index in [4.69, 9.17) is 5.73 Å². The monoisotopic (exact) mass is 383 g/mol. The molecule has 2 amide bonds. The highest BCUT2D eigenvalue weighted by molar-refractivity contribution is 6.05. The largest absolute Gasteiger partial charge is 0.339 e. The van der Waals surface area contributed by atoms with Crippen LogP contribution in [-0.2, 0) is 0 Å². The minimum absolute atomic E-state index is 0.0309. The first-order chi connectivity index (χ1) is 13.4. The first kappa shape index (κ1) is 20.0. The molecule has 5 nitrogen and oxygen atoms in total. The topological polar surface area (TPSA) is 75.4 Å². The number of carbonyl (C=O) groups excluding carboxylic acids is 2. The lowest BCUT2D eigenvalue weighted by Gasteiger charge is -2.33. The van der Waals surface area contributed by atoms with Crippen molar-refractivity contribution in [3.8, 4) is 0 Å². The molecule has 1 aliphatic rings. The van der Waals surface area contributed by atoms with Crippen molar-refractivity contribution in [3.63, 3.8) is 0 Å². The molecular weight excluding hydrogens is 357 g/mol. The lowest BCUT2D eigenvalue weighted by Crippen LogP contribution is -2.42. The first-order valence-corrected chi connectivity index (χ1v) is 9.58. The summed E-state index contributed by atoms with van der Waals surface area (Å²) in [6.45, 7) is 5.19. The van der Waals surface area contributed by atoms with Gasteiger partial charge in [0.25, 0.3) is 11.8 Å². The molecule has 3 rings (SSSR count). The molecule has 148 valence electrons. The standard InChI is InChI=1S/C22H26FN3O2/c1-14-7-8-17(22(28)26-11-9-16(10-12-26)15(2)24)13-20(14)25-21(27)18-5-3-4-6-19(18)23/h3-8,13,15-16H,9-12,24H2,1-2H3,(H,25,27). The molecule has 3 N–H and O–H groups in total. The molecule has 0 spiro atoms. The van der Waals surface area contributed by atoms with Crippen LogP contribution < -0.4 is 11.1 Å². The maximum Gasteiger partial charge on any atom is 0.258 e. The SMILES string of the molecule is Cc1ccc(C(=O)N2CCC(C(C)N)CC2)cc1NC(=O)c1ccccc1F. The maximum atomic E-state index is 13.9. The Hall–Kier alpha value is -2.73. The third-order valence-electron chi connectivity index (χ3n) is 5.42. The number of rotatable bonds is 4. The number of carbonyl (C=O) groups is 2. The van der Waals surface area contributed by atoms with E-state index in [1.54, 1.807) is 24.3 Å². The van der Waals surface area contributed by atoms with Crippen LogP contribution in [-0.4, -0.2) is 35.8 Å². The number of aryl methyl sites for hydroxylation is 1. The van der Waals surface area contributed by atoms with Gasteiger partial charge in [0, 0.05) is 30.4 Å². The fraction of sp³-hybridized carbons (Fsp3) is 0.364. The maximum absolute atomic E-state index is 13.9. The summed E-state index contributed by atoms with van der Waals surface area (Å²) in [7, 11) is 0. The molecule has 1 atom stereocenters. The zero-order valence-electron chi connectivity index (χ0n) is 16.2. The third kappa shape index (κ3) is 4.39. The quantitative estimate of drug-likeness (QED) is 0.847. The number of nitrogens with zero attached hydrogens (tertiary/aromatic N) is 1. The van der Waals surface area contributed by atoms with Gasteiger partial charge in [-0.2, -0.15) is 0 Å². The van der Waals surface area contributed by atoms with E-state index in [0.717, 1.165) is 18.4 Å². The average molecular weight is 383 g/mol. The van der Waals surface area contributed by atoms with Gasteiger partial charge in [0.05, 0.1) is 5.56 Å². The Morgan fingerprint density at radius 2 is 1.86 bits per heavy atom. The number of amides is 2. The lowest BCUT2D eigenvalue weighted by atomic mass is 9.90. The Morgan fingerprint density at radius 1 is 1.18 bits per heavy atom. The second-order valence-corrected chi connectivity index (χ2v) is 7.45. The van der Waals surface area contributed by atoms with E-state index in [9.17, 15) is 14.0 Å². The van der Waals surface area contributed by atoms with E-state index in [0.29, 0.717) is 30.3 Å². The van der Waals surface area contributed by atoms with Crippen LogP contribution in [0.5, 0.6) is 0 Å². The van der Waals surface area contributed by atoms with Gasteiger partial charge in [0.2, 0.25) is 0 Å². The normalized spacial score (nSPS) is 15.9. The summed E-state index contributed by atoms with van der Waals surface area (Å²) in [4.78, 5) is 27.1. The van der Waals surface area contributed by atoms with Crippen LogP contribution in [0, 0.1) is 18.7 Å². The molecule has 28 heavy (non-hydrogen) atoms. The summed E-state index contributed by atoms with van der Waals surface area (Å²) in [5.74, 6) is -0.743. The Labute approximate surface area is 164 Å². The van der Waals surface area contributed by atoms with Crippen molar-refractivity contribution in [2.75, 3.05) is 18.4 Å². The minimum atomic E-state index is -0.582. The Bertz CT molecular complexity index is 874. The second-order valence-electron chi connectivity index (χ2n) is 7.45. The number of hydrogen-bond acceptors (Lipinski definition) is 3. The molecule has 2 aromatic carbocycles. The van der Waals surface area contributed by atoms with Crippen molar-refractivity contribution < 1.29 is 14.0 Å². The fourth-order valence-electron chi connectivity index (χ4n) is 3.54. The Balaban J connectivity index is 1.74. The van der Waals surface area contributed by atoms with E-state index in [-0.39, 0.29) is 17.5 Å². The molecule has 0 aliphatic carbocycles. The third-order valence-corrected chi connectivity index (χ3v) is 5.42. The van der Waals surface area contributed by atoms with Gasteiger partial charge in [-0.1, -0.05) is 18.2 Å². The van der Waals surface area contributed by atoms with E-state index < -0.39 is 11.7 Å². The summed E-state index contributed by atoms with van der Waals surface area (Å²) in [6, 6.07) is 11.2. The van der Waals surface area contributed by atoms with E-state index in [1.807, 2.05) is 18.7 Å². The van der Waals surface area contributed by atoms with E-state index in [2.05, 4.69) is 5.32 Å². The van der Waals surface area contributed by atoms with Crippen LogP contribution in [0.4, 0.5) is 10.1 Å². The molecule has 0 bridgehead atoms. The molecule has 1 saturated heterocycles. The van der Waals surface area contributed by atoms with Crippen molar-refractivity contribution in [3.05, 3.63) is 65.0 Å². The van der Waals surface area contributed by atoms with Crippen LogP contribution in [0.2, 0.25) is 0 Å². The van der Waals surface area contributed by atoms with Crippen molar-refractivity contribution in [2.24, 2.45) is 11.7 Å². The Morgan fingerprint density at radius 3 is 2.50 bits per heavy atom. The summed E-state index contributed by atoms with van der Waals surface area (Å²) in [6.07, 6.45) is 1.79. The van der Waals surface area contributed by atoms with Crippen LogP contribution in [0.15, 0.2) is 42.5 Å². The zero-order valence-corrected chi connectivity index (χ0v) is 16.2. The highest BCUT2D eigenvalue weighted by Crippen LogP contribution is 2.23. The number of nitrogens with one attached hydrogen (secondary N) is 1. The predicted octanol–water partition coefficient (Wildman–Crippen LogP) is 3.59. The molecule has 0 saturated carbocycles. The second kappa shape index (κ2) is 8.52. The number of benzene rings is 2. The molecule has 1 aliphatic heterocycles. The number of likely N-dealkylation sites (tertiary alicyclic amines) is 1. The summed E-state index contributed by atoms with van der Waals surface area (Å²) in [5, 5.41) is 2.72. The van der Waals surface area contributed by atoms with Gasteiger partial charge >= 0.3 is 0 Å². The van der Waals surface area contributed by atoms with Gasteiger partial charge in [-0.25, -0.2) is 4.39 Å². The lowest BCUT2D eigenvalue weighted by molar-refractivity contribution is 0.0680. The van der Waals surface area contributed by atoms with Gasteiger partial charge in [-0.3, -0.25) is 9.59 Å². The van der Waals surface area contributed by atoms with Crippen LogP contribution in [0.1, 0.15) is 46.0 Å². The summed E-state index contributed by atoms with van der Waals surface area (Å²) >= 11 is 0. The minimum Gasteiger partial charge on any atom is -0.339 e. The van der Waals surface area contributed by atoms with E-state index in [1.165, 1.54) is 18.2 Å². The number of halogens is 1. The average Bonchev–Trinajstić information content (AvgIpc) is 2.69. The molecule has 1 unspecified atom stereocenters. The summed E-state index contributed by atoms with van der Waals surface area (Å²) < 4.78 is 13.9. The molecular formula is C22H26FN3O2. The number of anilines is 1. The summed E-state index contributed by atoms with van der Waals surface area (Å²) in [5.41, 5.74) is 7.75. The van der Waals surface area contributed by atoms with Crippen molar-refractivity contribution in [1.29, 1.82) is 0 Å². The molecule has 1 heterocycles. The Kier molecular flexibility index (Phi) is 6.09. The highest BCUT2D eigenvalue weighted by Gasteiger charge is 2.26. The molecule has 6 heteroatoms. The molecule has 1 fully saturated rings.